The molecule has 0 saturated carbocycles. The third-order valence-electron chi connectivity index (χ3n) is 1.70. The molecule has 0 unspecified atom stereocenters. The van der Waals surface area contributed by atoms with E-state index in [1.807, 2.05) is 0 Å². The molecule has 2 N–H and O–H groups in total. The van der Waals surface area contributed by atoms with E-state index in [4.69, 9.17) is 5.11 Å². The van der Waals surface area contributed by atoms with Gasteiger partial charge in [-0.2, -0.15) is 0 Å². The van der Waals surface area contributed by atoms with Gasteiger partial charge in [0.05, 0.1) is 14.9 Å². The molecule has 0 aliphatic rings. The highest BCUT2D eigenvalue weighted by Gasteiger charge is 2.21. The Kier molecular flexibility index (Phi) is 3.45. The summed E-state index contributed by atoms with van der Waals surface area (Å²) in [5, 5.41) is 28.4. The predicted molar refractivity (Wildman–Crippen MR) is 58.8 cm³/mol. The summed E-state index contributed by atoms with van der Waals surface area (Å²) in [5.74, 6) is -1.54. The van der Waals surface area contributed by atoms with Crippen molar-refractivity contribution in [1.29, 1.82) is 0 Å². The second-order valence-electron chi connectivity index (χ2n) is 2.73. The van der Waals surface area contributed by atoms with Gasteiger partial charge in [0.25, 0.3) is 0 Å². The molecule has 0 atom stereocenters. The number of nitro benzene ring substituents is 1. The van der Waals surface area contributed by atoms with E-state index in [1.54, 1.807) is 22.6 Å². The van der Waals surface area contributed by atoms with Crippen molar-refractivity contribution in [3.63, 3.8) is 0 Å². The molecule has 0 fully saturated rings. The number of benzene rings is 1. The topological polar surface area (TPSA) is 101 Å². The van der Waals surface area contributed by atoms with Crippen LogP contribution in [0, 0.1) is 13.7 Å². The first-order valence-corrected chi connectivity index (χ1v) is 4.88. The van der Waals surface area contributed by atoms with Gasteiger partial charge in [-0.05, 0) is 34.2 Å². The van der Waals surface area contributed by atoms with Crippen LogP contribution in [-0.2, 0) is 11.2 Å². The SMILES string of the molecule is O=C(O)Cc1ccc(O)c([N+](=O)[O-])c1I. The van der Waals surface area contributed by atoms with Gasteiger partial charge in [0, 0.05) is 0 Å². The van der Waals surface area contributed by atoms with E-state index in [0.717, 1.165) is 6.07 Å². The standard InChI is InChI=1S/C8H6INO5/c9-7-4(3-6(12)13)1-2-5(11)8(7)10(14)15/h1-2,11H,3H2,(H,12,13). The van der Waals surface area contributed by atoms with Crippen LogP contribution >= 0.6 is 22.6 Å². The molecule has 0 saturated heterocycles. The molecule has 0 aliphatic heterocycles. The molecule has 7 heteroatoms. The summed E-state index contributed by atoms with van der Waals surface area (Å²) < 4.78 is 0.153. The number of carboxylic acids is 1. The highest BCUT2D eigenvalue weighted by atomic mass is 127. The van der Waals surface area contributed by atoms with Crippen LogP contribution in [0.15, 0.2) is 12.1 Å². The first kappa shape index (κ1) is 11.7. The van der Waals surface area contributed by atoms with Crippen LogP contribution in [-0.4, -0.2) is 21.1 Å². The lowest BCUT2D eigenvalue weighted by atomic mass is 10.1. The van der Waals surface area contributed by atoms with Crippen LogP contribution in [0.5, 0.6) is 5.75 Å². The molecule has 6 nitrogen and oxygen atoms in total. The minimum absolute atomic E-state index is 0.153. The second kappa shape index (κ2) is 4.43. The summed E-state index contributed by atoms with van der Waals surface area (Å²) in [6.45, 7) is 0. The normalized spacial score (nSPS) is 9.93. The molecule has 80 valence electrons. The molecule has 1 aromatic carbocycles. The van der Waals surface area contributed by atoms with Crippen LogP contribution in [0.1, 0.15) is 5.56 Å². The van der Waals surface area contributed by atoms with Gasteiger partial charge in [0.15, 0.2) is 5.75 Å². The van der Waals surface area contributed by atoms with Crippen LogP contribution in [0.25, 0.3) is 0 Å². The maximum absolute atomic E-state index is 10.6. The Morgan fingerprint density at radius 1 is 1.53 bits per heavy atom. The minimum atomic E-state index is -1.08. The van der Waals surface area contributed by atoms with Crippen molar-refractivity contribution >= 4 is 34.2 Å². The van der Waals surface area contributed by atoms with Crippen LogP contribution in [0.3, 0.4) is 0 Å². The van der Waals surface area contributed by atoms with E-state index in [-0.39, 0.29) is 9.99 Å². The highest BCUT2D eigenvalue weighted by Crippen LogP contribution is 2.33. The fraction of sp³-hybridized carbons (Fsp3) is 0.125. The predicted octanol–water partition coefficient (Wildman–Crippen LogP) is 1.53. The number of phenols is 1. The lowest BCUT2D eigenvalue weighted by Gasteiger charge is -2.03. The first-order valence-electron chi connectivity index (χ1n) is 3.80. The number of hydrogen-bond acceptors (Lipinski definition) is 4. The first-order chi connectivity index (χ1) is 6.93. The van der Waals surface area contributed by atoms with E-state index in [0.29, 0.717) is 5.56 Å². The molecule has 0 bridgehead atoms. The van der Waals surface area contributed by atoms with Crippen molar-refractivity contribution < 1.29 is 19.9 Å². The molecule has 0 amide bonds. The molecule has 0 spiro atoms. The molecular weight excluding hydrogens is 317 g/mol. The average molecular weight is 323 g/mol. The van der Waals surface area contributed by atoms with Gasteiger partial charge in [0.2, 0.25) is 0 Å². The third kappa shape index (κ3) is 2.55. The van der Waals surface area contributed by atoms with Crippen molar-refractivity contribution in [2.45, 2.75) is 6.42 Å². The summed E-state index contributed by atoms with van der Waals surface area (Å²) in [4.78, 5) is 20.3. The fourth-order valence-electron chi connectivity index (χ4n) is 1.07. The molecule has 0 radical (unpaired) electrons. The Morgan fingerprint density at radius 3 is 2.60 bits per heavy atom. The van der Waals surface area contributed by atoms with Crippen molar-refractivity contribution in [2.24, 2.45) is 0 Å². The number of phenolic OH excluding ortho intramolecular Hbond substituents is 1. The van der Waals surface area contributed by atoms with E-state index in [9.17, 15) is 20.0 Å². The van der Waals surface area contributed by atoms with Gasteiger partial charge in [-0.1, -0.05) is 6.07 Å². The summed E-state index contributed by atoms with van der Waals surface area (Å²) in [5.41, 5.74) is -0.137. The smallest absolute Gasteiger partial charge is 0.324 e. The Morgan fingerprint density at radius 2 is 2.13 bits per heavy atom. The average Bonchev–Trinajstić information content (AvgIpc) is 2.09. The highest BCUT2D eigenvalue weighted by molar-refractivity contribution is 14.1. The van der Waals surface area contributed by atoms with E-state index < -0.39 is 22.3 Å². The number of nitrogens with zero attached hydrogens (tertiary/aromatic N) is 1. The van der Waals surface area contributed by atoms with Crippen molar-refractivity contribution in [3.05, 3.63) is 31.4 Å². The second-order valence-corrected chi connectivity index (χ2v) is 3.81. The van der Waals surface area contributed by atoms with Gasteiger partial charge < -0.3 is 10.2 Å². The number of rotatable bonds is 3. The third-order valence-corrected chi connectivity index (χ3v) is 2.90. The van der Waals surface area contributed by atoms with E-state index >= 15 is 0 Å². The molecule has 0 aromatic heterocycles. The number of carbonyl (C=O) groups is 1. The zero-order valence-corrected chi connectivity index (χ0v) is 9.46. The molecule has 15 heavy (non-hydrogen) atoms. The Balaban J connectivity index is 3.28. The van der Waals surface area contributed by atoms with Crippen LogP contribution in [0.4, 0.5) is 5.69 Å². The number of aromatic hydroxyl groups is 1. The summed E-state index contributed by atoms with van der Waals surface area (Å²) >= 11 is 1.65. The number of nitro groups is 1. The molecule has 1 aromatic rings. The molecule has 0 heterocycles. The van der Waals surface area contributed by atoms with Crippen LogP contribution < -0.4 is 0 Å². The van der Waals surface area contributed by atoms with E-state index in [1.165, 1.54) is 6.07 Å². The number of aliphatic carboxylic acids is 1. The quantitative estimate of drug-likeness (QED) is 0.499. The fourth-order valence-corrected chi connectivity index (χ4v) is 1.91. The van der Waals surface area contributed by atoms with Gasteiger partial charge >= 0.3 is 11.7 Å². The molecule has 1 rings (SSSR count). The van der Waals surface area contributed by atoms with Gasteiger partial charge in [-0.15, -0.1) is 0 Å². The number of halogens is 1. The molecular formula is C8H6INO5. The summed E-state index contributed by atoms with van der Waals surface area (Å²) in [7, 11) is 0. The summed E-state index contributed by atoms with van der Waals surface area (Å²) in [6.07, 6.45) is -0.306. The van der Waals surface area contributed by atoms with Gasteiger partial charge in [0.1, 0.15) is 0 Å². The monoisotopic (exact) mass is 323 g/mol. The van der Waals surface area contributed by atoms with Gasteiger partial charge in [-0.25, -0.2) is 0 Å². The Labute approximate surface area is 97.8 Å². The largest absolute Gasteiger partial charge is 0.502 e. The van der Waals surface area contributed by atoms with Crippen molar-refractivity contribution in [2.75, 3.05) is 0 Å². The van der Waals surface area contributed by atoms with Crippen LogP contribution in [0.2, 0.25) is 0 Å². The maximum Gasteiger partial charge on any atom is 0.324 e. The summed E-state index contributed by atoms with van der Waals surface area (Å²) in [6, 6.07) is 2.48. The lowest BCUT2D eigenvalue weighted by molar-refractivity contribution is -0.386. The minimum Gasteiger partial charge on any atom is -0.502 e. The lowest BCUT2D eigenvalue weighted by Crippen LogP contribution is -2.04. The zero-order chi connectivity index (χ0) is 11.6. The van der Waals surface area contributed by atoms with Gasteiger partial charge in [-0.3, -0.25) is 14.9 Å². The Hall–Kier alpha value is -1.38. The van der Waals surface area contributed by atoms with E-state index in [2.05, 4.69) is 0 Å². The molecule has 0 aliphatic carbocycles. The Bertz CT molecular complexity index is 431. The number of carboxylic acid groups (broad SMARTS) is 1. The van der Waals surface area contributed by atoms with Crippen molar-refractivity contribution in [3.8, 4) is 5.75 Å². The van der Waals surface area contributed by atoms with Crippen molar-refractivity contribution in [1.82, 2.24) is 0 Å². The number of hydrogen-bond donors (Lipinski definition) is 2. The zero-order valence-electron chi connectivity index (χ0n) is 7.31. The maximum atomic E-state index is 10.6.